The Kier molecular flexibility index (Phi) is 5.15. The Hall–Kier alpha value is -2.90. The van der Waals surface area contributed by atoms with Crippen LogP contribution in [0.25, 0.3) is 11.3 Å². The molecule has 5 rings (SSSR count). The van der Waals surface area contributed by atoms with Crippen LogP contribution < -0.4 is 9.47 Å². The SMILES string of the molecule is c1ccc(CN(Cc2cn[nH]c2-c2ccc3c(c2)OCO3)CC2CCCO2)nc1. The molecule has 3 aromatic rings. The van der Waals surface area contributed by atoms with Crippen LogP contribution in [0.3, 0.4) is 0 Å². The van der Waals surface area contributed by atoms with Crippen LogP contribution in [0.1, 0.15) is 24.1 Å². The maximum absolute atomic E-state index is 5.89. The average Bonchev–Trinajstić information content (AvgIpc) is 3.50. The molecule has 7 heteroatoms. The predicted octanol–water partition coefficient (Wildman–Crippen LogP) is 3.38. The molecule has 1 saturated heterocycles. The molecule has 2 aliphatic heterocycles. The zero-order valence-corrected chi connectivity index (χ0v) is 16.2. The molecule has 0 bridgehead atoms. The highest BCUT2D eigenvalue weighted by Crippen LogP contribution is 2.36. The Morgan fingerprint density at radius 2 is 2.07 bits per heavy atom. The van der Waals surface area contributed by atoms with Gasteiger partial charge in [-0.2, -0.15) is 5.10 Å². The summed E-state index contributed by atoms with van der Waals surface area (Å²) in [4.78, 5) is 6.89. The summed E-state index contributed by atoms with van der Waals surface area (Å²) in [6, 6.07) is 12.0. The highest BCUT2D eigenvalue weighted by molar-refractivity contribution is 5.66. The molecule has 2 aliphatic rings. The largest absolute Gasteiger partial charge is 0.454 e. The third-order valence-electron chi connectivity index (χ3n) is 5.37. The third kappa shape index (κ3) is 4.11. The molecule has 1 aromatic carbocycles. The van der Waals surface area contributed by atoms with Crippen molar-refractivity contribution in [3.8, 4) is 22.8 Å². The van der Waals surface area contributed by atoms with E-state index in [0.717, 1.165) is 73.1 Å². The van der Waals surface area contributed by atoms with Crippen molar-refractivity contribution >= 4 is 0 Å². The van der Waals surface area contributed by atoms with Crippen LogP contribution in [0.4, 0.5) is 0 Å². The van der Waals surface area contributed by atoms with Crippen LogP contribution in [-0.4, -0.2) is 46.1 Å². The van der Waals surface area contributed by atoms with Gasteiger partial charge in [-0.25, -0.2) is 0 Å². The Morgan fingerprint density at radius 3 is 2.93 bits per heavy atom. The van der Waals surface area contributed by atoms with E-state index in [0.29, 0.717) is 0 Å². The van der Waals surface area contributed by atoms with Gasteiger partial charge in [-0.3, -0.25) is 15.0 Å². The zero-order valence-electron chi connectivity index (χ0n) is 16.2. The Bertz CT molecular complexity index is 954. The summed E-state index contributed by atoms with van der Waals surface area (Å²) in [5, 5.41) is 7.47. The smallest absolute Gasteiger partial charge is 0.231 e. The van der Waals surface area contributed by atoms with E-state index in [2.05, 4.69) is 26.1 Å². The number of ether oxygens (including phenoxy) is 3. The van der Waals surface area contributed by atoms with E-state index >= 15 is 0 Å². The molecule has 0 aliphatic carbocycles. The number of rotatable bonds is 7. The van der Waals surface area contributed by atoms with Gasteiger partial charge in [-0.1, -0.05) is 6.07 Å². The number of benzene rings is 1. The van der Waals surface area contributed by atoms with Crippen LogP contribution in [-0.2, 0) is 17.8 Å². The van der Waals surface area contributed by atoms with E-state index in [9.17, 15) is 0 Å². The van der Waals surface area contributed by atoms with Gasteiger partial charge >= 0.3 is 0 Å². The molecule has 1 atom stereocenters. The molecule has 1 unspecified atom stereocenters. The molecule has 4 heterocycles. The Balaban J connectivity index is 1.38. The van der Waals surface area contributed by atoms with Crippen molar-refractivity contribution in [2.45, 2.75) is 32.0 Å². The lowest BCUT2D eigenvalue weighted by molar-refractivity contribution is 0.0675. The van der Waals surface area contributed by atoms with Gasteiger partial charge in [-0.15, -0.1) is 0 Å². The molecule has 0 radical (unpaired) electrons. The molecule has 0 spiro atoms. The highest BCUT2D eigenvalue weighted by Gasteiger charge is 2.22. The fourth-order valence-corrected chi connectivity index (χ4v) is 3.96. The highest BCUT2D eigenvalue weighted by atomic mass is 16.7. The first kappa shape index (κ1) is 18.1. The van der Waals surface area contributed by atoms with Crippen molar-refractivity contribution in [1.82, 2.24) is 20.1 Å². The number of aromatic nitrogens is 3. The van der Waals surface area contributed by atoms with E-state index in [4.69, 9.17) is 14.2 Å². The minimum atomic E-state index is 0.272. The second-order valence-corrected chi connectivity index (χ2v) is 7.46. The van der Waals surface area contributed by atoms with Crippen LogP contribution in [0, 0.1) is 0 Å². The standard InChI is InChI=1S/C22H24N4O3/c1-2-8-23-18(4-1)13-26(14-19-5-3-9-27-19)12-17-11-24-25-22(17)16-6-7-20-21(10-16)29-15-28-20/h1-2,4,6-8,10-11,19H,3,5,9,12-15H2,(H,24,25). The molecular formula is C22H24N4O3. The Morgan fingerprint density at radius 1 is 1.10 bits per heavy atom. The second kappa shape index (κ2) is 8.23. The molecule has 29 heavy (non-hydrogen) atoms. The molecule has 150 valence electrons. The van der Waals surface area contributed by atoms with E-state index in [1.807, 2.05) is 42.7 Å². The summed E-state index contributed by atoms with van der Waals surface area (Å²) in [5.41, 5.74) is 4.23. The first-order chi connectivity index (χ1) is 14.3. The molecule has 1 fully saturated rings. The number of fused-ring (bicyclic) bond motifs is 1. The summed E-state index contributed by atoms with van der Waals surface area (Å²) in [5.74, 6) is 1.55. The lowest BCUT2D eigenvalue weighted by Gasteiger charge is -2.25. The summed E-state index contributed by atoms with van der Waals surface area (Å²) in [6.07, 6.45) is 6.27. The van der Waals surface area contributed by atoms with Gasteiger partial charge in [-0.05, 0) is 43.2 Å². The van der Waals surface area contributed by atoms with Gasteiger partial charge in [0, 0.05) is 43.6 Å². The number of pyridine rings is 1. The molecule has 0 amide bonds. The average molecular weight is 392 g/mol. The topological polar surface area (TPSA) is 72.5 Å². The monoisotopic (exact) mass is 392 g/mol. The van der Waals surface area contributed by atoms with Crippen LogP contribution in [0.2, 0.25) is 0 Å². The van der Waals surface area contributed by atoms with E-state index < -0.39 is 0 Å². The van der Waals surface area contributed by atoms with Gasteiger partial charge in [0.1, 0.15) is 0 Å². The fraction of sp³-hybridized carbons (Fsp3) is 0.364. The number of nitrogens with one attached hydrogen (secondary N) is 1. The number of aromatic amines is 1. The van der Waals surface area contributed by atoms with Crippen molar-refractivity contribution < 1.29 is 14.2 Å². The maximum Gasteiger partial charge on any atom is 0.231 e. The lowest BCUT2D eigenvalue weighted by atomic mass is 10.1. The summed E-state index contributed by atoms with van der Waals surface area (Å²) >= 11 is 0. The van der Waals surface area contributed by atoms with E-state index in [1.165, 1.54) is 0 Å². The normalized spacial score (nSPS) is 17.9. The van der Waals surface area contributed by atoms with Gasteiger partial charge in [0.25, 0.3) is 0 Å². The van der Waals surface area contributed by atoms with Gasteiger partial charge in [0.15, 0.2) is 11.5 Å². The van der Waals surface area contributed by atoms with Gasteiger partial charge in [0.05, 0.1) is 23.7 Å². The zero-order chi connectivity index (χ0) is 19.5. The molecule has 7 nitrogen and oxygen atoms in total. The van der Waals surface area contributed by atoms with Crippen LogP contribution >= 0.6 is 0 Å². The van der Waals surface area contributed by atoms with Gasteiger partial charge < -0.3 is 14.2 Å². The molecule has 2 aromatic heterocycles. The maximum atomic E-state index is 5.89. The van der Waals surface area contributed by atoms with Crippen LogP contribution in [0.15, 0.2) is 48.8 Å². The first-order valence-corrected chi connectivity index (χ1v) is 10.0. The third-order valence-corrected chi connectivity index (χ3v) is 5.37. The summed E-state index contributed by atoms with van der Waals surface area (Å²) in [7, 11) is 0. The first-order valence-electron chi connectivity index (χ1n) is 10.0. The van der Waals surface area contributed by atoms with Gasteiger partial charge in [0.2, 0.25) is 6.79 Å². The summed E-state index contributed by atoms with van der Waals surface area (Å²) < 4.78 is 16.9. The minimum Gasteiger partial charge on any atom is -0.454 e. The second-order valence-electron chi connectivity index (χ2n) is 7.46. The fourth-order valence-electron chi connectivity index (χ4n) is 3.96. The minimum absolute atomic E-state index is 0.272. The van der Waals surface area contributed by atoms with Crippen molar-refractivity contribution in [2.75, 3.05) is 19.9 Å². The predicted molar refractivity (Wildman–Crippen MR) is 107 cm³/mol. The molecule has 1 N–H and O–H groups in total. The van der Waals surface area contributed by atoms with E-state index in [-0.39, 0.29) is 12.9 Å². The number of hydrogen-bond donors (Lipinski definition) is 1. The molecular weight excluding hydrogens is 368 g/mol. The molecule has 0 saturated carbocycles. The van der Waals surface area contributed by atoms with Crippen molar-refractivity contribution in [1.29, 1.82) is 0 Å². The quantitative estimate of drug-likeness (QED) is 0.665. The summed E-state index contributed by atoms with van der Waals surface area (Å²) in [6.45, 7) is 3.54. The Labute approximate surface area is 169 Å². The van der Waals surface area contributed by atoms with Crippen molar-refractivity contribution in [3.05, 3.63) is 60.0 Å². The van der Waals surface area contributed by atoms with E-state index in [1.54, 1.807) is 0 Å². The number of H-pyrrole nitrogens is 1. The van der Waals surface area contributed by atoms with Crippen LogP contribution in [0.5, 0.6) is 11.5 Å². The van der Waals surface area contributed by atoms with Crippen molar-refractivity contribution in [2.24, 2.45) is 0 Å². The number of hydrogen-bond acceptors (Lipinski definition) is 6. The lowest BCUT2D eigenvalue weighted by Crippen LogP contribution is -2.31. The van der Waals surface area contributed by atoms with Crippen molar-refractivity contribution in [3.63, 3.8) is 0 Å². The number of nitrogens with zero attached hydrogens (tertiary/aromatic N) is 3.